The van der Waals surface area contributed by atoms with E-state index in [0.29, 0.717) is 10.9 Å². The summed E-state index contributed by atoms with van der Waals surface area (Å²) in [5.74, 6) is -0.156. The minimum Gasteiger partial charge on any atom is -0.206 e. The third kappa shape index (κ3) is 3.96. The van der Waals surface area contributed by atoms with E-state index in [9.17, 15) is 4.39 Å². The van der Waals surface area contributed by atoms with E-state index in [1.165, 1.54) is 0 Å². The predicted octanol–water partition coefficient (Wildman–Crippen LogP) is 7.74. The topological polar surface area (TPSA) is 3.88 Å². The molecule has 2 aromatic carbocycles. The van der Waals surface area contributed by atoms with Gasteiger partial charge in [-0.1, -0.05) is 52.1 Å². The van der Waals surface area contributed by atoms with Gasteiger partial charge in [-0.05, 0) is 54.9 Å². The highest BCUT2D eigenvalue weighted by Crippen LogP contribution is 2.36. The van der Waals surface area contributed by atoms with E-state index in [2.05, 4.69) is 83.3 Å². The monoisotopic (exact) mass is 420 g/mol. The number of benzene rings is 2. The zero-order chi connectivity index (χ0) is 22.4. The SMILES string of the molecule is C=C(S)/C(=C\C(=C)c1c2ccc3c(F)c(C)ccc3c2cc[n+]1C(C)C)C(C)(C)C. The molecule has 3 heteroatoms. The zero-order valence-electron chi connectivity index (χ0n) is 18.8. The van der Waals surface area contributed by atoms with Crippen molar-refractivity contribution in [2.75, 3.05) is 0 Å². The number of pyridine rings is 1. The Balaban J connectivity index is 2.38. The van der Waals surface area contributed by atoms with Crippen LogP contribution in [-0.4, -0.2) is 0 Å². The van der Waals surface area contributed by atoms with E-state index in [0.717, 1.165) is 37.9 Å². The summed E-state index contributed by atoms with van der Waals surface area (Å²) in [6, 6.07) is 10.1. The number of aromatic nitrogens is 1. The molecular weight excluding hydrogens is 389 g/mol. The van der Waals surface area contributed by atoms with Crippen LogP contribution in [0.5, 0.6) is 0 Å². The van der Waals surface area contributed by atoms with Gasteiger partial charge in [-0.15, -0.1) is 12.6 Å². The molecule has 3 aromatic rings. The smallest absolute Gasteiger partial charge is 0.206 e. The number of halogens is 1. The van der Waals surface area contributed by atoms with Crippen LogP contribution in [0.15, 0.2) is 66.2 Å². The Morgan fingerprint density at radius 3 is 2.13 bits per heavy atom. The molecule has 0 unspecified atom stereocenters. The fraction of sp³-hybridized carbons (Fsp3) is 0.296. The van der Waals surface area contributed by atoms with Gasteiger partial charge in [-0.3, -0.25) is 0 Å². The number of aryl methyl sites for hydroxylation is 1. The van der Waals surface area contributed by atoms with Gasteiger partial charge in [0.15, 0.2) is 12.2 Å². The summed E-state index contributed by atoms with van der Waals surface area (Å²) in [6.07, 6.45) is 4.16. The molecule has 0 bridgehead atoms. The lowest BCUT2D eigenvalue weighted by Gasteiger charge is -2.23. The molecule has 30 heavy (non-hydrogen) atoms. The van der Waals surface area contributed by atoms with Gasteiger partial charge in [0.05, 0.1) is 5.39 Å². The van der Waals surface area contributed by atoms with Crippen LogP contribution in [0.3, 0.4) is 0 Å². The summed E-state index contributed by atoms with van der Waals surface area (Å²) in [4.78, 5) is 0.739. The van der Waals surface area contributed by atoms with Gasteiger partial charge in [0.25, 0.3) is 0 Å². The van der Waals surface area contributed by atoms with Crippen molar-refractivity contribution in [3.63, 3.8) is 0 Å². The van der Waals surface area contributed by atoms with Crippen LogP contribution in [-0.2, 0) is 0 Å². The first-order chi connectivity index (χ1) is 13.9. The molecule has 3 rings (SSSR count). The van der Waals surface area contributed by atoms with E-state index >= 15 is 0 Å². The molecule has 0 spiro atoms. The van der Waals surface area contributed by atoms with E-state index < -0.39 is 0 Å². The molecule has 0 radical (unpaired) electrons. The van der Waals surface area contributed by atoms with Crippen LogP contribution in [0, 0.1) is 18.2 Å². The van der Waals surface area contributed by atoms with E-state index in [4.69, 9.17) is 0 Å². The van der Waals surface area contributed by atoms with Gasteiger partial charge >= 0.3 is 0 Å². The molecule has 0 aliphatic rings. The third-order valence-corrected chi connectivity index (χ3v) is 5.82. The Labute approximate surface area is 185 Å². The van der Waals surface area contributed by atoms with Gasteiger partial charge in [-0.2, -0.15) is 4.57 Å². The Hall–Kier alpha value is -2.39. The standard InChI is InChI=1S/C27H30FNS/c1-16(2)29-14-13-21-20-10-9-17(3)25(28)22(20)11-12-23(21)26(29)18(4)15-24(19(5)30)27(6,7)8/h9-16H,4-5H2,1-3,6-8H3/p+1/b24-15+. The number of nitrogens with zero attached hydrogens (tertiary/aromatic N) is 1. The molecule has 0 atom stereocenters. The second-order valence-corrected chi connectivity index (χ2v) is 9.80. The number of thiol groups is 1. The van der Waals surface area contributed by atoms with Crippen molar-refractivity contribution in [2.45, 2.75) is 47.6 Å². The van der Waals surface area contributed by atoms with Crippen LogP contribution in [0.1, 0.15) is 51.9 Å². The van der Waals surface area contributed by atoms with Gasteiger partial charge in [0.2, 0.25) is 5.69 Å². The lowest BCUT2D eigenvalue weighted by atomic mass is 9.84. The molecular formula is C27H31FNS+. The minimum absolute atomic E-state index is 0.109. The van der Waals surface area contributed by atoms with Gasteiger partial charge < -0.3 is 0 Å². The highest BCUT2D eigenvalue weighted by molar-refractivity contribution is 7.84. The van der Waals surface area contributed by atoms with E-state index in [-0.39, 0.29) is 17.3 Å². The van der Waals surface area contributed by atoms with Crippen LogP contribution in [0.4, 0.5) is 4.39 Å². The molecule has 0 aliphatic heterocycles. The van der Waals surface area contributed by atoms with E-state index in [1.807, 2.05) is 24.3 Å². The number of fused-ring (bicyclic) bond motifs is 3. The average molecular weight is 421 g/mol. The normalized spacial score (nSPS) is 12.8. The van der Waals surface area contributed by atoms with Crippen LogP contribution in [0.25, 0.3) is 27.1 Å². The predicted molar refractivity (Wildman–Crippen MR) is 131 cm³/mol. The van der Waals surface area contributed by atoms with Crippen molar-refractivity contribution in [3.05, 3.63) is 83.3 Å². The number of allylic oxidation sites excluding steroid dienone is 3. The number of rotatable bonds is 4. The lowest BCUT2D eigenvalue weighted by molar-refractivity contribution is -0.716. The summed E-state index contributed by atoms with van der Waals surface area (Å²) in [5.41, 5.74) is 3.51. The summed E-state index contributed by atoms with van der Waals surface area (Å²) in [7, 11) is 0. The second kappa shape index (κ2) is 8.03. The summed E-state index contributed by atoms with van der Waals surface area (Å²) < 4.78 is 17.0. The molecule has 0 amide bonds. The molecule has 0 fully saturated rings. The summed E-state index contributed by atoms with van der Waals surface area (Å²) in [6.45, 7) is 21.0. The van der Waals surface area contributed by atoms with Crippen molar-refractivity contribution in [2.24, 2.45) is 5.41 Å². The minimum atomic E-state index is -0.156. The fourth-order valence-corrected chi connectivity index (χ4v) is 4.40. The molecule has 1 aromatic heterocycles. The van der Waals surface area contributed by atoms with Crippen LogP contribution >= 0.6 is 12.6 Å². The first-order valence-corrected chi connectivity index (χ1v) is 10.7. The van der Waals surface area contributed by atoms with E-state index in [1.54, 1.807) is 6.92 Å². The zero-order valence-corrected chi connectivity index (χ0v) is 19.7. The molecule has 0 aliphatic carbocycles. The summed E-state index contributed by atoms with van der Waals surface area (Å²) in [5, 5.41) is 3.64. The quantitative estimate of drug-likeness (QED) is 0.190. The molecule has 1 nitrogen and oxygen atoms in total. The second-order valence-electron chi connectivity index (χ2n) is 9.26. The maximum absolute atomic E-state index is 14.7. The summed E-state index contributed by atoms with van der Waals surface area (Å²) >= 11 is 4.53. The Morgan fingerprint density at radius 2 is 1.57 bits per heavy atom. The van der Waals surface area contributed by atoms with Gasteiger partial charge in [0.1, 0.15) is 5.82 Å². The molecule has 0 saturated carbocycles. The maximum atomic E-state index is 14.7. The first kappa shape index (κ1) is 22.3. The largest absolute Gasteiger partial charge is 0.220 e. The highest BCUT2D eigenvalue weighted by Gasteiger charge is 2.24. The molecule has 0 saturated heterocycles. The third-order valence-electron chi connectivity index (χ3n) is 5.58. The Morgan fingerprint density at radius 1 is 1.00 bits per heavy atom. The van der Waals surface area contributed by atoms with Crippen molar-refractivity contribution < 1.29 is 8.96 Å². The molecule has 0 N–H and O–H groups in total. The molecule has 156 valence electrons. The Kier molecular flexibility index (Phi) is 5.97. The van der Waals surface area contributed by atoms with Crippen LogP contribution < -0.4 is 4.57 Å². The van der Waals surface area contributed by atoms with Crippen molar-refractivity contribution in [1.29, 1.82) is 0 Å². The van der Waals surface area contributed by atoms with Gasteiger partial charge in [0, 0.05) is 27.3 Å². The first-order valence-electron chi connectivity index (χ1n) is 10.3. The fourth-order valence-electron chi connectivity index (χ4n) is 4.00. The average Bonchev–Trinajstić information content (AvgIpc) is 2.66. The van der Waals surface area contributed by atoms with Crippen molar-refractivity contribution in [3.8, 4) is 0 Å². The number of hydrogen-bond acceptors (Lipinski definition) is 1. The van der Waals surface area contributed by atoms with Gasteiger partial charge in [-0.25, -0.2) is 4.39 Å². The maximum Gasteiger partial charge on any atom is 0.220 e. The number of hydrogen-bond donors (Lipinski definition) is 1. The van der Waals surface area contributed by atoms with Crippen molar-refractivity contribution >= 4 is 39.7 Å². The highest BCUT2D eigenvalue weighted by atomic mass is 32.1. The Bertz CT molecular complexity index is 1210. The lowest BCUT2D eigenvalue weighted by Crippen LogP contribution is -2.40. The van der Waals surface area contributed by atoms with Crippen molar-refractivity contribution in [1.82, 2.24) is 0 Å². The molecule has 1 heterocycles. The van der Waals surface area contributed by atoms with Crippen LogP contribution in [0.2, 0.25) is 0 Å².